The Hall–Kier alpha value is -0.340. The molecule has 0 saturated carbocycles. The molecule has 0 atom stereocenters. The molecule has 1 saturated heterocycles. The Balaban J connectivity index is 0.000000890. The van der Waals surface area contributed by atoms with Gasteiger partial charge in [0.1, 0.15) is 0 Å². The maximum absolute atomic E-state index is 10.7. The molecule has 30 heavy (non-hydrogen) atoms. The van der Waals surface area contributed by atoms with Gasteiger partial charge in [-0.25, -0.2) is 8.42 Å². The zero-order valence-corrected chi connectivity index (χ0v) is 20.0. The third kappa shape index (κ3) is 14.6. The normalized spacial score (nSPS) is 16.3. The van der Waals surface area contributed by atoms with Crippen LogP contribution in [0.2, 0.25) is 0 Å². The second-order valence-corrected chi connectivity index (χ2v) is 10.1. The molecule has 0 spiro atoms. The van der Waals surface area contributed by atoms with Gasteiger partial charge in [0.15, 0.2) is 10.1 Å². The molecule has 4 nitrogen and oxygen atoms in total. The first-order chi connectivity index (χ1) is 14.1. The number of hydrogen-bond donors (Lipinski definition) is 0. The average molecular weight is 460 g/mol. The van der Waals surface area contributed by atoms with Crippen molar-refractivity contribution in [3.05, 3.63) is 0 Å². The van der Waals surface area contributed by atoms with Crippen molar-refractivity contribution in [2.24, 2.45) is 0 Å². The minimum atomic E-state index is -6.09. The van der Waals surface area contributed by atoms with Crippen LogP contribution in [0.15, 0.2) is 0 Å². The van der Waals surface area contributed by atoms with Gasteiger partial charge in [0.25, 0.3) is 0 Å². The zero-order valence-electron chi connectivity index (χ0n) is 19.1. The highest BCUT2D eigenvalue weighted by molar-refractivity contribution is 7.86. The number of rotatable bonds is 15. The quantitative estimate of drug-likeness (QED) is 0.118. The summed E-state index contributed by atoms with van der Waals surface area (Å²) in [4.78, 5) is 0. The van der Waals surface area contributed by atoms with E-state index in [9.17, 15) is 13.2 Å². The third-order valence-corrected chi connectivity index (χ3v) is 6.59. The molecule has 0 radical (unpaired) electrons. The van der Waals surface area contributed by atoms with E-state index in [0.29, 0.717) is 0 Å². The fraction of sp³-hybridized carbons (Fsp3) is 1.00. The Kier molecular flexibility index (Phi) is 16.1. The van der Waals surface area contributed by atoms with Crippen LogP contribution in [-0.2, 0) is 10.1 Å². The van der Waals surface area contributed by atoms with E-state index in [-0.39, 0.29) is 0 Å². The van der Waals surface area contributed by atoms with Crippen LogP contribution in [0.3, 0.4) is 0 Å². The number of unbranched alkanes of at least 4 members (excludes halogenated alkanes) is 11. The summed E-state index contributed by atoms with van der Waals surface area (Å²) < 4.78 is 60.4. The minimum Gasteiger partial charge on any atom is -0.741 e. The lowest BCUT2D eigenvalue weighted by molar-refractivity contribution is -0.917. The van der Waals surface area contributed by atoms with Crippen molar-refractivity contribution in [2.45, 2.75) is 116 Å². The first kappa shape index (κ1) is 29.7. The summed E-state index contributed by atoms with van der Waals surface area (Å²) in [6, 6.07) is 0. The van der Waals surface area contributed by atoms with Gasteiger partial charge in [-0.3, -0.25) is 0 Å². The summed E-state index contributed by atoms with van der Waals surface area (Å²) in [6.45, 7) is 10.6. The van der Waals surface area contributed by atoms with E-state index < -0.39 is 15.6 Å². The number of quaternary nitrogens is 1. The Morgan fingerprint density at radius 3 is 1.30 bits per heavy atom. The highest BCUT2D eigenvalue weighted by Crippen LogP contribution is 2.23. The highest BCUT2D eigenvalue weighted by atomic mass is 32.2. The molecule has 1 aliphatic rings. The summed E-state index contributed by atoms with van der Waals surface area (Å²) in [7, 11) is -6.09. The molecule has 0 amide bonds. The van der Waals surface area contributed by atoms with Crippen molar-refractivity contribution in [3.63, 3.8) is 0 Å². The van der Waals surface area contributed by atoms with Crippen molar-refractivity contribution in [1.29, 1.82) is 0 Å². The van der Waals surface area contributed by atoms with E-state index in [1.54, 1.807) is 0 Å². The van der Waals surface area contributed by atoms with E-state index >= 15 is 0 Å². The Morgan fingerprint density at radius 2 is 1.00 bits per heavy atom. The van der Waals surface area contributed by atoms with Gasteiger partial charge in [0, 0.05) is 12.8 Å². The number of halogens is 3. The molecule has 1 heterocycles. The molecular weight excluding hydrogens is 415 g/mol. The molecule has 1 fully saturated rings. The zero-order chi connectivity index (χ0) is 22.9. The lowest BCUT2D eigenvalue weighted by Crippen LogP contribution is -2.46. The Labute approximate surface area is 182 Å². The molecule has 0 N–H and O–H groups in total. The fourth-order valence-electron chi connectivity index (χ4n) is 4.20. The van der Waals surface area contributed by atoms with Gasteiger partial charge in [0.2, 0.25) is 0 Å². The molecule has 0 aromatic carbocycles. The summed E-state index contributed by atoms with van der Waals surface area (Å²) in [5.41, 5.74) is -5.65. The van der Waals surface area contributed by atoms with Crippen LogP contribution in [0.25, 0.3) is 0 Å². The van der Waals surface area contributed by atoms with Crippen LogP contribution < -0.4 is 0 Å². The van der Waals surface area contributed by atoms with Crippen molar-refractivity contribution in [1.82, 2.24) is 0 Å². The summed E-state index contributed by atoms with van der Waals surface area (Å²) in [5.74, 6) is 0. The first-order valence-corrected chi connectivity index (χ1v) is 13.4. The van der Waals surface area contributed by atoms with Crippen LogP contribution >= 0.6 is 0 Å². The summed E-state index contributed by atoms with van der Waals surface area (Å²) in [5, 5.41) is 0. The topological polar surface area (TPSA) is 57.2 Å². The molecule has 0 unspecified atom stereocenters. The maximum atomic E-state index is 10.7. The van der Waals surface area contributed by atoms with Gasteiger partial charge >= 0.3 is 5.51 Å². The molecule has 0 aliphatic carbocycles. The standard InChI is InChI=1S/C21H44N.CHF3O3S/c1-3-5-7-9-11-13-15-19-22(20-16-17-21-22)18-14-12-10-8-6-4-2;2-1(3,4)8(5,6)7/h3-21H2,1-2H3;(H,5,6,7)/q+1;/p-1. The van der Waals surface area contributed by atoms with Crippen molar-refractivity contribution in [2.75, 3.05) is 26.2 Å². The number of likely N-dealkylation sites (tertiary alicyclic amines) is 1. The second kappa shape index (κ2) is 16.3. The van der Waals surface area contributed by atoms with E-state index in [0.717, 1.165) is 0 Å². The first-order valence-electron chi connectivity index (χ1n) is 12.0. The number of hydrogen-bond acceptors (Lipinski definition) is 3. The van der Waals surface area contributed by atoms with Gasteiger partial charge in [-0.15, -0.1) is 0 Å². The monoisotopic (exact) mass is 459 g/mol. The van der Waals surface area contributed by atoms with E-state index in [1.165, 1.54) is 127 Å². The van der Waals surface area contributed by atoms with Crippen molar-refractivity contribution >= 4 is 10.1 Å². The van der Waals surface area contributed by atoms with Gasteiger partial charge in [0.05, 0.1) is 26.2 Å². The van der Waals surface area contributed by atoms with Crippen LogP contribution in [0.4, 0.5) is 13.2 Å². The minimum absolute atomic E-state index is 1.37. The SMILES string of the molecule is CCCCCCCCC[N+]1(CCCCCCCC)CCCC1.O=S(=O)([O-])C(F)(F)F. The van der Waals surface area contributed by atoms with E-state index in [1.807, 2.05) is 0 Å². The van der Waals surface area contributed by atoms with Gasteiger partial charge in [-0.1, -0.05) is 71.6 Å². The van der Waals surface area contributed by atoms with E-state index in [2.05, 4.69) is 13.8 Å². The molecule has 0 aromatic rings. The maximum Gasteiger partial charge on any atom is 0.485 e. The van der Waals surface area contributed by atoms with Crippen molar-refractivity contribution < 1.29 is 30.6 Å². The molecule has 1 aliphatic heterocycles. The lowest BCUT2D eigenvalue weighted by atomic mass is 10.1. The second-order valence-electron chi connectivity index (χ2n) is 8.73. The third-order valence-electron chi connectivity index (χ3n) is 6.02. The molecule has 1 rings (SSSR count). The Bertz CT molecular complexity index is 504. The molecule has 182 valence electrons. The predicted molar refractivity (Wildman–Crippen MR) is 116 cm³/mol. The predicted octanol–water partition coefficient (Wildman–Crippen LogP) is 6.76. The highest BCUT2D eigenvalue weighted by Gasteiger charge is 2.37. The summed E-state index contributed by atoms with van der Waals surface area (Å²) >= 11 is 0. The van der Waals surface area contributed by atoms with Gasteiger partial charge < -0.3 is 9.04 Å². The molecule has 0 bridgehead atoms. The lowest BCUT2D eigenvalue weighted by Gasteiger charge is -2.34. The molecule has 8 heteroatoms. The molecular formula is C22H44F3NO3S. The number of alkyl halides is 3. The van der Waals surface area contributed by atoms with E-state index in [4.69, 9.17) is 13.0 Å². The van der Waals surface area contributed by atoms with Crippen LogP contribution in [0.5, 0.6) is 0 Å². The van der Waals surface area contributed by atoms with Gasteiger partial charge in [-0.05, 0) is 25.7 Å². The van der Waals surface area contributed by atoms with Crippen LogP contribution in [0.1, 0.15) is 110 Å². The largest absolute Gasteiger partial charge is 0.741 e. The van der Waals surface area contributed by atoms with Crippen LogP contribution in [0, 0.1) is 0 Å². The molecule has 0 aromatic heterocycles. The van der Waals surface area contributed by atoms with Crippen LogP contribution in [-0.4, -0.2) is 49.1 Å². The van der Waals surface area contributed by atoms with Crippen molar-refractivity contribution in [3.8, 4) is 0 Å². The fourth-order valence-corrected chi connectivity index (χ4v) is 4.20. The summed E-state index contributed by atoms with van der Waals surface area (Å²) in [6.07, 6.45) is 21.9. The number of nitrogens with zero attached hydrogens (tertiary/aromatic N) is 1. The average Bonchev–Trinajstić information content (AvgIpc) is 3.12. The Morgan fingerprint density at radius 1 is 0.700 bits per heavy atom. The van der Waals surface area contributed by atoms with Gasteiger partial charge in [-0.2, -0.15) is 13.2 Å². The smallest absolute Gasteiger partial charge is 0.485 e.